The Morgan fingerprint density at radius 1 is 1.21 bits per heavy atom. The van der Waals surface area contributed by atoms with E-state index in [0.29, 0.717) is 24.2 Å². The van der Waals surface area contributed by atoms with Gasteiger partial charge in [0.25, 0.3) is 11.6 Å². The maximum Gasteiger partial charge on any atom is 0.297 e. The molecule has 7 nitrogen and oxygen atoms in total. The number of fused-ring (bicyclic) bond motifs is 1. The molecule has 0 aliphatic carbocycles. The highest BCUT2D eigenvalue weighted by Crippen LogP contribution is 2.18. The summed E-state index contributed by atoms with van der Waals surface area (Å²) in [7, 11) is -1.06. The minimum atomic E-state index is -1.06. The predicted molar refractivity (Wildman–Crippen MR) is 117 cm³/mol. The van der Waals surface area contributed by atoms with Crippen molar-refractivity contribution in [2.45, 2.75) is 51.7 Å². The molecule has 0 aliphatic rings. The number of aromatic amines is 1. The number of aromatic nitrogens is 4. The third kappa shape index (κ3) is 6.27. The van der Waals surface area contributed by atoms with Gasteiger partial charge in [0.1, 0.15) is 6.73 Å². The zero-order valence-corrected chi connectivity index (χ0v) is 18.6. The Hall–Kier alpha value is -2.45. The van der Waals surface area contributed by atoms with Crippen LogP contribution in [0.4, 0.5) is 0 Å². The maximum atomic E-state index is 12.1. The van der Waals surface area contributed by atoms with Crippen LogP contribution in [-0.2, 0) is 11.5 Å². The Kier molecular flexibility index (Phi) is 6.86. The van der Waals surface area contributed by atoms with Gasteiger partial charge < -0.3 is 14.0 Å². The summed E-state index contributed by atoms with van der Waals surface area (Å²) in [5, 5.41) is 0.561. The standard InChI is InChI=1S/C21H30N4O3Si/c1-16(19-13-25(14-22-19)15-27-11-12-29(2,3)4)9-10-28-21-23-18-8-6-5-7-17(18)20(26)24-21/h5-8,13-14,16H,9-12,15H2,1-4H3,(H,23,24,26). The average Bonchev–Trinajstić information content (AvgIpc) is 3.14. The van der Waals surface area contributed by atoms with E-state index < -0.39 is 8.07 Å². The van der Waals surface area contributed by atoms with E-state index >= 15 is 0 Å². The number of nitrogens with one attached hydrogen (secondary N) is 1. The van der Waals surface area contributed by atoms with Crippen molar-refractivity contribution in [3.05, 3.63) is 52.8 Å². The van der Waals surface area contributed by atoms with Gasteiger partial charge in [-0.2, -0.15) is 4.98 Å². The van der Waals surface area contributed by atoms with E-state index in [0.717, 1.165) is 24.8 Å². The smallest absolute Gasteiger partial charge is 0.297 e. The first-order chi connectivity index (χ1) is 13.8. The average molecular weight is 415 g/mol. The fourth-order valence-electron chi connectivity index (χ4n) is 2.86. The summed E-state index contributed by atoms with van der Waals surface area (Å²) in [6.07, 6.45) is 4.60. The number of hydrogen-bond acceptors (Lipinski definition) is 5. The summed E-state index contributed by atoms with van der Waals surface area (Å²) < 4.78 is 13.4. The van der Waals surface area contributed by atoms with Crippen molar-refractivity contribution >= 4 is 19.0 Å². The van der Waals surface area contributed by atoms with Crippen LogP contribution in [-0.4, -0.2) is 40.8 Å². The molecule has 8 heteroatoms. The Bertz CT molecular complexity index is 993. The number of para-hydroxylation sites is 1. The second kappa shape index (κ2) is 9.36. The van der Waals surface area contributed by atoms with E-state index in [2.05, 4.69) is 41.5 Å². The normalized spacial score (nSPS) is 13.0. The van der Waals surface area contributed by atoms with E-state index in [-0.39, 0.29) is 17.5 Å². The van der Waals surface area contributed by atoms with Crippen LogP contribution in [0, 0.1) is 0 Å². The Morgan fingerprint density at radius 2 is 2.00 bits per heavy atom. The highest BCUT2D eigenvalue weighted by atomic mass is 28.3. The Balaban J connectivity index is 1.47. The van der Waals surface area contributed by atoms with E-state index in [1.54, 1.807) is 12.1 Å². The van der Waals surface area contributed by atoms with E-state index in [9.17, 15) is 4.79 Å². The van der Waals surface area contributed by atoms with Gasteiger partial charge in [0.2, 0.25) is 0 Å². The summed E-state index contributed by atoms with van der Waals surface area (Å²) in [5.41, 5.74) is 1.45. The van der Waals surface area contributed by atoms with Crippen molar-refractivity contribution in [3.63, 3.8) is 0 Å². The van der Waals surface area contributed by atoms with Crippen LogP contribution in [0.5, 0.6) is 6.01 Å². The number of imidazole rings is 1. The molecule has 0 bridgehead atoms. The first kappa shape index (κ1) is 21.3. The number of nitrogens with zero attached hydrogens (tertiary/aromatic N) is 3. The Labute approximate surface area is 172 Å². The van der Waals surface area contributed by atoms with Crippen LogP contribution in [0.3, 0.4) is 0 Å². The molecule has 0 saturated heterocycles. The molecule has 0 fully saturated rings. The third-order valence-corrected chi connectivity index (χ3v) is 6.48. The largest absolute Gasteiger partial charge is 0.465 e. The lowest BCUT2D eigenvalue weighted by Gasteiger charge is -2.15. The maximum absolute atomic E-state index is 12.1. The summed E-state index contributed by atoms with van der Waals surface area (Å²) >= 11 is 0. The van der Waals surface area contributed by atoms with Crippen LogP contribution in [0.1, 0.15) is 25.0 Å². The van der Waals surface area contributed by atoms with Gasteiger partial charge in [0, 0.05) is 26.8 Å². The molecular formula is C21H30N4O3Si. The Morgan fingerprint density at radius 3 is 2.79 bits per heavy atom. The van der Waals surface area contributed by atoms with Gasteiger partial charge in [0.05, 0.1) is 29.5 Å². The number of rotatable bonds is 10. The SMILES string of the molecule is CC(CCOc1nc2ccccc2c(=O)[nH]1)c1cn(COCC[Si](C)(C)C)cn1. The first-order valence-corrected chi connectivity index (χ1v) is 13.7. The van der Waals surface area contributed by atoms with Gasteiger partial charge in [-0.15, -0.1) is 0 Å². The minimum Gasteiger partial charge on any atom is -0.465 e. The van der Waals surface area contributed by atoms with Gasteiger partial charge in [-0.05, 0) is 24.6 Å². The number of H-pyrrole nitrogens is 1. The van der Waals surface area contributed by atoms with E-state index in [1.807, 2.05) is 29.2 Å². The monoisotopic (exact) mass is 414 g/mol. The van der Waals surface area contributed by atoms with Gasteiger partial charge in [-0.25, -0.2) is 4.98 Å². The van der Waals surface area contributed by atoms with Gasteiger partial charge in [-0.1, -0.05) is 38.7 Å². The van der Waals surface area contributed by atoms with Crippen LogP contribution in [0.25, 0.3) is 10.9 Å². The molecule has 1 atom stereocenters. The molecule has 3 aromatic rings. The molecule has 29 heavy (non-hydrogen) atoms. The van der Waals surface area contributed by atoms with Crippen molar-refractivity contribution in [1.82, 2.24) is 19.5 Å². The minimum absolute atomic E-state index is 0.188. The second-order valence-electron chi connectivity index (χ2n) is 8.59. The van der Waals surface area contributed by atoms with Crippen LogP contribution in [0.15, 0.2) is 41.6 Å². The fourth-order valence-corrected chi connectivity index (χ4v) is 3.62. The predicted octanol–water partition coefficient (Wildman–Crippen LogP) is 4.00. The number of hydrogen-bond donors (Lipinski definition) is 1. The van der Waals surface area contributed by atoms with Crippen molar-refractivity contribution in [2.24, 2.45) is 0 Å². The highest BCUT2D eigenvalue weighted by Gasteiger charge is 2.13. The summed E-state index contributed by atoms with van der Waals surface area (Å²) in [6, 6.07) is 8.63. The first-order valence-electron chi connectivity index (χ1n) is 10.0. The summed E-state index contributed by atoms with van der Waals surface area (Å²) in [5.74, 6) is 0.227. The molecular weight excluding hydrogens is 384 g/mol. The quantitative estimate of drug-likeness (QED) is 0.400. The molecule has 3 rings (SSSR count). The molecule has 1 unspecified atom stereocenters. The van der Waals surface area contributed by atoms with Crippen molar-refractivity contribution in [1.29, 1.82) is 0 Å². The lowest BCUT2D eigenvalue weighted by atomic mass is 10.1. The highest BCUT2D eigenvalue weighted by molar-refractivity contribution is 6.76. The summed E-state index contributed by atoms with van der Waals surface area (Å²) in [4.78, 5) is 23.6. The lowest BCUT2D eigenvalue weighted by molar-refractivity contribution is 0.0870. The molecule has 1 aromatic carbocycles. The van der Waals surface area contributed by atoms with Crippen molar-refractivity contribution in [2.75, 3.05) is 13.2 Å². The van der Waals surface area contributed by atoms with Gasteiger partial charge in [0.15, 0.2) is 0 Å². The molecule has 156 valence electrons. The second-order valence-corrected chi connectivity index (χ2v) is 14.2. The summed E-state index contributed by atoms with van der Waals surface area (Å²) in [6.45, 7) is 10.9. The van der Waals surface area contributed by atoms with Crippen molar-refractivity contribution < 1.29 is 9.47 Å². The topological polar surface area (TPSA) is 82.0 Å². The zero-order valence-electron chi connectivity index (χ0n) is 17.6. The third-order valence-electron chi connectivity index (χ3n) is 4.78. The molecule has 0 aliphatic heterocycles. The molecule has 0 radical (unpaired) electrons. The van der Waals surface area contributed by atoms with Gasteiger partial charge >= 0.3 is 0 Å². The van der Waals surface area contributed by atoms with Crippen LogP contribution < -0.4 is 10.3 Å². The molecule has 0 amide bonds. The fraction of sp³-hybridized carbons (Fsp3) is 0.476. The van der Waals surface area contributed by atoms with Crippen LogP contribution >= 0.6 is 0 Å². The molecule has 0 spiro atoms. The number of ether oxygens (including phenoxy) is 2. The zero-order chi connectivity index (χ0) is 20.9. The molecule has 1 N–H and O–H groups in total. The lowest BCUT2D eigenvalue weighted by Crippen LogP contribution is -2.21. The van der Waals surface area contributed by atoms with Gasteiger partial charge in [-0.3, -0.25) is 9.78 Å². The molecule has 0 saturated carbocycles. The molecule has 2 aromatic heterocycles. The van der Waals surface area contributed by atoms with E-state index in [1.165, 1.54) is 0 Å². The number of benzene rings is 1. The van der Waals surface area contributed by atoms with Crippen molar-refractivity contribution in [3.8, 4) is 6.01 Å². The molecule has 2 heterocycles. The van der Waals surface area contributed by atoms with E-state index in [4.69, 9.17) is 9.47 Å². The van der Waals surface area contributed by atoms with Crippen LogP contribution in [0.2, 0.25) is 25.7 Å².